The SMILES string of the molecule is Cc1ccc(NC(=O)C[N+]2(C)CCN(C)CC2)cc1O. The smallest absolute Gasteiger partial charge is 0.279 e. The molecule has 20 heavy (non-hydrogen) atoms. The summed E-state index contributed by atoms with van der Waals surface area (Å²) in [6.07, 6.45) is 0. The van der Waals surface area contributed by atoms with Gasteiger partial charge in [0.15, 0.2) is 6.54 Å². The van der Waals surface area contributed by atoms with Crippen LogP contribution < -0.4 is 5.32 Å². The predicted molar refractivity (Wildman–Crippen MR) is 79.8 cm³/mol. The van der Waals surface area contributed by atoms with Gasteiger partial charge in [-0.3, -0.25) is 9.69 Å². The van der Waals surface area contributed by atoms with Gasteiger partial charge in [-0.15, -0.1) is 0 Å². The number of aromatic hydroxyl groups is 1. The molecule has 2 N–H and O–H groups in total. The van der Waals surface area contributed by atoms with Crippen molar-refractivity contribution in [1.82, 2.24) is 4.90 Å². The van der Waals surface area contributed by atoms with Crippen LogP contribution in [0.25, 0.3) is 0 Å². The Morgan fingerprint density at radius 3 is 2.65 bits per heavy atom. The summed E-state index contributed by atoms with van der Waals surface area (Å²) in [6, 6.07) is 5.21. The number of phenolic OH excluding ortho intramolecular Hbond substituents is 1. The van der Waals surface area contributed by atoms with Crippen molar-refractivity contribution in [3.63, 3.8) is 0 Å². The largest absolute Gasteiger partial charge is 0.508 e. The van der Waals surface area contributed by atoms with Crippen LogP contribution in [0.15, 0.2) is 18.2 Å². The molecule has 110 valence electrons. The van der Waals surface area contributed by atoms with Gasteiger partial charge >= 0.3 is 0 Å². The summed E-state index contributed by atoms with van der Waals surface area (Å²) >= 11 is 0. The van der Waals surface area contributed by atoms with Crippen LogP contribution >= 0.6 is 0 Å². The van der Waals surface area contributed by atoms with E-state index in [1.807, 2.05) is 13.0 Å². The summed E-state index contributed by atoms with van der Waals surface area (Å²) in [6.45, 7) is 6.33. The fraction of sp³-hybridized carbons (Fsp3) is 0.533. The summed E-state index contributed by atoms with van der Waals surface area (Å²) in [5, 5.41) is 12.5. The molecule has 0 radical (unpaired) electrons. The highest BCUT2D eigenvalue weighted by Gasteiger charge is 2.29. The number of nitrogens with one attached hydrogen (secondary N) is 1. The van der Waals surface area contributed by atoms with Crippen molar-refractivity contribution >= 4 is 11.6 Å². The molecular weight excluding hydrogens is 254 g/mol. The van der Waals surface area contributed by atoms with Crippen molar-refractivity contribution in [3.8, 4) is 5.75 Å². The maximum atomic E-state index is 12.1. The molecule has 0 unspecified atom stereocenters. The van der Waals surface area contributed by atoms with E-state index < -0.39 is 0 Å². The summed E-state index contributed by atoms with van der Waals surface area (Å²) in [5.41, 5.74) is 1.46. The molecule has 1 aromatic carbocycles. The second-order valence-electron chi connectivity index (χ2n) is 6.08. The van der Waals surface area contributed by atoms with Crippen LogP contribution in [-0.4, -0.2) is 67.2 Å². The Kier molecular flexibility index (Phi) is 4.30. The summed E-state index contributed by atoms with van der Waals surface area (Å²) in [7, 11) is 4.23. The van der Waals surface area contributed by atoms with Crippen LogP contribution in [-0.2, 0) is 4.79 Å². The molecule has 2 rings (SSSR count). The maximum absolute atomic E-state index is 12.1. The van der Waals surface area contributed by atoms with E-state index in [1.54, 1.807) is 12.1 Å². The Morgan fingerprint density at radius 2 is 2.05 bits per heavy atom. The number of aryl methyl sites for hydroxylation is 1. The number of hydrogen-bond acceptors (Lipinski definition) is 3. The first kappa shape index (κ1) is 14.8. The van der Waals surface area contributed by atoms with Gasteiger partial charge in [-0.2, -0.15) is 0 Å². The van der Waals surface area contributed by atoms with Gasteiger partial charge < -0.3 is 14.9 Å². The van der Waals surface area contributed by atoms with Crippen molar-refractivity contribution in [2.24, 2.45) is 0 Å². The standard InChI is InChI=1S/C15H23N3O2/c1-12-4-5-13(10-14(12)19)16-15(20)11-18(3)8-6-17(2)7-9-18/h4-5,10H,6-9,11H2,1-3H3,(H-,16,19,20)/p+1. The predicted octanol–water partition coefficient (Wildman–Crippen LogP) is 1.03. The molecule has 0 aromatic heterocycles. The third kappa shape index (κ3) is 3.71. The molecule has 0 spiro atoms. The molecule has 0 saturated carbocycles. The van der Waals surface area contributed by atoms with Crippen LogP contribution in [0.2, 0.25) is 0 Å². The van der Waals surface area contributed by atoms with E-state index in [4.69, 9.17) is 0 Å². The lowest BCUT2D eigenvalue weighted by Gasteiger charge is -2.40. The summed E-state index contributed by atoms with van der Waals surface area (Å²) in [4.78, 5) is 14.4. The third-order valence-electron chi connectivity index (χ3n) is 4.06. The Bertz CT molecular complexity index is 494. The van der Waals surface area contributed by atoms with Gasteiger partial charge in [-0.25, -0.2) is 0 Å². The third-order valence-corrected chi connectivity index (χ3v) is 4.06. The van der Waals surface area contributed by atoms with Gasteiger partial charge in [-0.1, -0.05) is 6.07 Å². The zero-order chi connectivity index (χ0) is 14.8. The fourth-order valence-corrected chi connectivity index (χ4v) is 2.44. The molecular formula is C15H24N3O2+. The van der Waals surface area contributed by atoms with E-state index in [0.717, 1.165) is 36.2 Å². The molecule has 1 fully saturated rings. The van der Waals surface area contributed by atoms with Gasteiger partial charge in [-0.05, 0) is 25.6 Å². The summed E-state index contributed by atoms with van der Waals surface area (Å²) in [5.74, 6) is 0.211. The second-order valence-corrected chi connectivity index (χ2v) is 6.08. The monoisotopic (exact) mass is 278 g/mol. The highest BCUT2D eigenvalue weighted by molar-refractivity contribution is 5.91. The van der Waals surface area contributed by atoms with Gasteiger partial charge in [0.2, 0.25) is 0 Å². The minimum atomic E-state index is 0.000283. The molecule has 0 bridgehead atoms. The number of carbonyl (C=O) groups excluding carboxylic acids is 1. The van der Waals surface area contributed by atoms with Crippen LogP contribution in [0, 0.1) is 6.92 Å². The number of nitrogens with zero attached hydrogens (tertiary/aromatic N) is 2. The second kappa shape index (κ2) is 5.81. The molecule has 0 aliphatic carbocycles. The Morgan fingerprint density at radius 1 is 1.40 bits per heavy atom. The Balaban J connectivity index is 1.93. The van der Waals surface area contributed by atoms with Gasteiger partial charge in [0.25, 0.3) is 5.91 Å². The fourth-order valence-electron chi connectivity index (χ4n) is 2.44. The van der Waals surface area contributed by atoms with Gasteiger partial charge in [0.05, 0.1) is 20.1 Å². The van der Waals surface area contributed by atoms with E-state index in [0.29, 0.717) is 12.2 Å². The number of benzene rings is 1. The number of amides is 1. The van der Waals surface area contributed by atoms with E-state index in [9.17, 15) is 9.90 Å². The topological polar surface area (TPSA) is 52.6 Å². The van der Waals surface area contributed by atoms with E-state index >= 15 is 0 Å². The molecule has 1 amide bonds. The highest BCUT2D eigenvalue weighted by atomic mass is 16.3. The molecule has 1 aromatic rings. The van der Waals surface area contributed by atoms with Crippen LogP contribution in [0.5, 0.6) is 5.75 Å². The van der Waals surface area contributed by atoms with Crippen LogP contribution in [0.4, 0.5) is 5.69 Å². The number of anilines is 1. The van der Waals surface area contributed by atoms with E-state index in [1.165, 1.54) is 0 Å². The van der Waals surface area contributed by atoms with Crippen molar-refractivity contribution in [2.45, 2.75) is 6.92 Å². The first-order valence-corrected chi connectivity index (χ1v) is 6.99. The molecule has 1 aliphatic rings. The molecule has 5 nitrogen and oxygen atoms in total. The normalized spacial score (nSPS) is 18.8. The minimum Gasteiger partial charge on any atom is -0.508 e. The van der Waals surface area contributed by atoms with Gasteiger partial charge in [0.1, 0.15) is 5.75 Å². The minimum absolute atomic E-state index is 0.000283. The molecule has 1 heterocycles. The molecule has 0 atom stereocenters. The first-order valence-electron chi connectivity index (χ1n) is 6.99. The maximum Gasteiger partial charge on any atom is 0.279 e. The lowest BCUT2D eigenvalue weighted by molar-refractivity contribution is -0.905. The number of hydrogen-bond donors (Lipinski definition) is 2. The quantitative estimate of drug-likeness (QED) is 0.812. The zero-order valence-electron chi connectivity index (χ0n) is 12.5. The number of quaternary nitrogens is 1. The van der Waals surface area contributed by atoms with Crippen molar-refractivity contribution in [1.29, 1.82) is 0 Å². The average molecular weight is 278 g/mol. The summed E-state index contributed by atoms with van der Waals surface area (Å²) < 4.78 is 0.772. The lowest BCUT2D eigenvalue weighted by atomic mass is 10.2. The Hall–Kier alpha value is -1.59. The number of rotatable bonds is 3. The van der Waals surface area contributed by atoms with Crippen molar-refractivity contribution < 1.29 is 14.4 Å². The molecule has 1 aliphatic heterocycles. The molecule has 1 saturated heterocycles. The van der Waals surface area contributed by atoms with Gasteiger partial charge in [0, 0.05) is 24.8 Å². The number of piperazine rings is 1. The van der Waals surface area contributed by atoms with E-state index in [2.05, 4.69) is 24.3 Å². The molecule has 5 heteroatoms. The van der Waals surface area contributed by atoms with E-state index in [-0.39, 0.29) is 11.7 Å². The van der Waals surface area contributed by atoms with Crippen LogP contribution in [0.3, 0.4) is 0 Å². The number of carbonyl (C=O) groups is 1. The van der Waals surface area contributed by atoms with Crippen molar-refractivity contribution in [3.05, 3.63) is 23.8 Å². The number of phenols is 1. The number of likely N-dealkylation sites (N-methyl/N-ethyl adjacent to an activating group) is 2. The Labute approximate surface area is 120 Å². The highest BCUT2D eigenvalue weighted by Crippen LogP contribution is 2.21. The van der Waals surface area contributed by atoms with Crippen molar-refractivity contribution in [2.75, 3.05) is 52.1 Å². The average Bonchev–Trinajstić information content (AvgIpc) is 2.38. The zero-order valence-corrected chi connectivity index (χ0v) is 12.5. The lowest BCUT2D eigenvalue weighted by Crippen LogP contribution is -2.58. The first-order chi connectivity index (χ1) is 9.38. The van der Waals surface area contributed by atoms with Crippen LogP contribution in [0.1, 0.15) is 5.56 Å².